The first-order valence-corrected chi connectivity index (χ1v) is 9.95. The van der Waals surface area contributed by atoms with E-state index in [2.05, 4.69) is 29.4 Å². The predicted octanol–water partition coefficient (Wildman–Crippen LogP) is 2.48. The fourth-order valence-electron chi connectivity index (χ4n) is 3.91. The van der Waals surface area contributed by atoms with E-state index >= 15 is 0 Å². The Balaban J connectivity index is 1.78. The molecule has 0 amide bonds. The molecule has 2 fully saturated rings. The molecule has 1 unspecified atom stereocenters. The number of rotatable bonds is 10. The average Bonchev–Trinajstić information content (AvgIpc) is 2.99. The summed E-state index contributed by atoms with van der Waals surface area (Å²) in [4.78, 5) is 7.49. The van der Waals surface area contributed by atoms with Gasteiger partial charge in [-0.3, -0.25) is 4.99 Å². The Bertz CT molecular complexity index is 382. The number of ether oxygens (including phenoxy) is 1. The van der Waals surface area contributed by atoms with Crippen LogP contribution < -0.4 is 10.6 Å². The summed E-state index contributed by atoms with van der Waals surface area (Å²) in [6.07, 6.45) is 7.65. The zero-order valence-electron chi connectivity index (χ0n) is 16.1. The van der Waals surface area contributed by atoms with Gasteiger partial charge in [-0.15, -0.1) is 0 Å². The molecule has 0 radical (unpaired) electrons. The number of nitrogens with zero attached hydrogens (tertiary/aromatic N) is 2. The summed E-state index contributed by atoms with van der Waals surface area (Å²) in [5, 5.41) is 7.00. The number of aliphatic imine (C=N–C) groups is 1. The van der Waals surface area contributed by atoms with Crippen molar-refractivity contribution in [1.29, 1.82) is 0 Å². The molecule has 5 nitrogen and oxygen atoms in total. The Hall–Kier alpha value is -0.810. The van der Waals surface area contributed by atoms with Crippen molar-refractivity contribution >= 4 is 5.96 Å². The quantitative estimate of drug-likeness (QED) is 0.475. The smallest absolute Gasteiger partial charge is 0.191 e. The minimum atomic E-state index is 0.393. The van der Waals surface area contributed by atoms with Crippen LogP contribution in [-0.2, 0) is 4.74 Å². The summed E-state index contributed by atoms with van der Waals surface area (Å²) in [5.41, 5.74) is 0.393. The first kappa shape index (κ1) is 19.5. The van der Waals surface area contributed by atoms with E-state index in [1.165, 1.54) is 51.7 Å². The summed E-state index contributed by atoms with van der Waals surface area (Å²) < 4.78 is 5.29. The van der Waals surface area contributed by atoms with Crippen molar-refractivity contribution < 1.29 is 4.74 Å². The lowest BCUT2D eigenvalue weighted by molar-refractivity contribution is 0.0778. The van der Waals surface area contributed by atoms with Gasteiger partial charge in [0.1, 0.15) is 0 Å². The van der Waals surface area contributed by atoms with Crippen LogP contribution in [0.1, 0.15) is 52.4 Å². The van der Waals surface area contributed by atoms with Crippen molar-refractivity contribution in [2.45, 2.75) is 52.4 Å². The van der Waals surface area contributed by atoms with Gasteiger partial charge in [-0.05, 0) is 63.5 Å². The minimum Gasteiger partial charge on any atom is -0.385 e. The van der Waals surface area contributed by atoms with Gasteiger partial charge in [0.25, 0.3) is 0 Å². The van der Waals surface area contributed by atoms with E-state index in [1.54, 1.807) is 7.11 Å². The molecule has 0 aromatic carbocycles. The Morgan fingerprint density at radius 3 is 2.75 bits per heavy atom. The third-order valence-corrected chi connectivity index (χ3v) is 5.64. The molecular formula is C19H38N4O. The third-order valence-electron chi connectivity index (χ3n) is 5.64. The van der Waals surface area contributed by atoms with Gasteiger partial charge < -0.3 is 20.3 Å². The molecule has 0 aromatic rings. The van der Waals surface area contributed by atoms with E-state index in [1.807, 2.05) is 0 Å². The maximum Gasteiger partial charge on any atom is 0.191 e. The minimum absolute atomic E-state index is 0.393. The Morgan fingerprint density at radius 1 is 1.29 bits per heavy atom. The van der Waals surface area contributed by atoms with Gasteiger partial charge in [0.05, 0.1) is 0 Å². The second-order valence-electron chi connectivity index (χ2n) is 7.63. The fraction of sp³-hybridized carbons (Fsp3) is 0.947. The van der Waals surface area contributed by atoms with Crippen LogP contribution >= 0.6 is 0 Å². The molecule has 1 heterocycles. The van der Waals surface area contributed by atoms with Crippen molar-refractivity contribution in [3.05, 3.63) is 0 Å². The van der Waals surface area contributed by atoms with Gasteiger partial charge in [0.15, 0.2) is 5.96 Å². The van der Waals surface area contributed by atoms with Crippen molar-refractivity contribution in [2.24, 2.45) is 16.3 Å². The average molecular weight is 339 g/mol. The summed E-state index contributed by atoms with van der Waals surface area (Å²) in [7, 11) is 1.80. The molecule has 5 heteroatoms. The molecule has 1 aliphatic heterocycles. The Kier molecular flexibility index (Phi) is 8.33. The number of hydrogen-bond acceptors (Lipinski definition) is 3. The second-order valence-corrected chi connectivity index (χ2v) is 7.63. The number of likely N-dealkylation sites (tertiary alicyclic amines) is 1. The van der Waals surface area contributed by atoms with Crippen LogP contribution in [0.2, 0.25) is 0 Å². The molecule has 1 saturated carbocycles. The molecule has 2 N–H and O–H groups in total. The second kappa shape index (κ2) is 10.2. The van der Waals surface area contributed by atoms with Crippen molar-refractivity contribution in [3.63, 3.8) is 0 Å². The highest BCUT2D eigenvalue weighted by Gasteiger charge is 2.36. The lowest BCUT2D eigenvalue weighted by Gasteiger charge is -2.40. The Labute approximate surface area is 148 Å². The molecule has 0 aromatic heterocycles. The number of methoxy groups -OCH3 is 1. The normalized spacial score (nSPS) is 24.0. The summed E-state index contributed by atoms with van der Waals surface area (Å²) in [6.45, 7) is 11.9. The van der Waals surface area contributed by atoms with Gasteiger partial charge in [0, 0.05) is 39.9 Å². The molecule has 140 valence electrons. The third kappa shape index (κ3) is 5.92. The van der Waals surface area contributed by atoms with Crippen molar-refractivity contribution in [2.75, 3.05) is 53.0 Å². The predicted molar refractivity (Wildman–Crippen MR) is 102 cm³/mol. The molecule has 1 aliphatic carbocycles. The first-order chi connectivity index (χ1) is 11.7. The highest BCUT2D eigenvalue weighted by molar-refractivity contribution is 5.79. The number of hydrogen-bond donors (Lipinski definition) is 2. The number of nitrogens with one attached hydrogen (secondary N) is 2. The van der Waals surface area contributed by atoms with E-state index in [9.17, 15) is 0 Å². The topological polar surface area (TPSA) is 48.9 Å². The summed E-state index contributed by atoms with van der Waals surface area (Å²) >= 11 is 0. The SMILES string of the molecule is CCCN1CCC(CNC(=NCC2(CCOC)CCC2)NCC)C1. The molecule has 24 heavy (non-hydrogen) atoms. The molecule has 2 rings (SSSR count). The largest absolute Gasteiger partial charge is 0.385 e. The fourth-order valence-corrected chi connectivity index (χ4v) is 3.91. The van der Waals surface area contributed by atoms with Crippen molar-refractivity contribution in [1.82, 2.24) is 15.5 Å². The van der Waals surface area contributed by atoms with Crippen LogP contribution in [-0.4, -0.2) is 63.8 Å². The van der Waals surface area contributed by atoms with Gasteiger partial charge in [-0.1, -0.05) is 13.3 Å². The molecule has 1 atom stereocenters. The lowest BCUT2D eigenvalue weighted by atomic mass is 9.67. The van der Waals surface area contributed by atoms with Crippen molar-refractivity contribution in [3.8, 4) is 0 Å². The maximum atomic E-state index is 5.29. The zero-order chi connectivity index (χ0) is 17.3. The molecule has 0 bridgehead atoms. The lowest BCUT2D eigenvalue weighted by Crippen LogP contribution is -2.42. The first-order valence-electron chi connectivity index (χ1n) is 9.95. The molecule has 2 aliphatic rings. The highest BCUT2D eigenvalue weighted by Crippen LogP contribution is 2.44. The van der Waals surface area contributed by atoms with E-state index in [0.29, 0.717) is 5.41 Å². The monoisotopic (exact) mass is 338 g/mol. The van der Waals surface area contributed by atoms with Crippen LogP contribution in [0.3, 0.4) is 0 Å². The van der Waals surface area contributed by atoms with E-state index in [0.717, 1.165) is 44.5 Å². The molecule has 1 saturated heterocycles. The van der Waals surface area contributed by atoms with Crippen LogP contribution in [0.25, 0.3) is 0 Å². The highest BCUT2D eigenvalue weighted by atomic mass is 16.5. The summed E-state index contributed by atoms with van der Waals surface area (Å²) in [5.74, 6) is 1.75. The maximum absolute atomic E-state index is 5.29. The van der Waals surface area contributed by atoms with E-state index < -0.39 is 0 Å². The standard InChI is InChI=1S/C19H38N4O/c1-4-11-23-12-7-17(15-23)14-21-18(20-5-2)22-16-19(8-6-9-19)10-13-24-3/h17H,4-16H2,1-3H3,(H2,20,21,22). The van der Waals surface area contributed by atoms with E-state index in [4.69, 9.17) is 9.73 Å². The molecular weight excluding hydrogens is 300 g/mol. The van der Waals surface area contributed by atoms with Crippen LogP contribution in [0.15, 0.2) is 4.99 Å². The van der Waals surface area contributed by atoms with Gasteiger partial charge >= 0.3 is 0 Å². The Morgan fingerprint density at radius 2 is 2.12 bits per heavy atom. The molecule has 0 spiro atoms. The van der Waals surface area contributed by atoms with E-state index in [-0.39, 0.29) is 0 Å². The van der Waals surface area contributed by atoms with Gasteiger partial charge in [-0.2, -0.15) is 0 Å². The number of guanidine groups is 1. The zero-order valence-corrected chi connectivity index (χ0v) is 16.1. The van der Waals surface area contributed by atoms with Crippen LogP contribution in [0.4, 0.5) is 0 Å². The van der Waals surface area contributed by atoms with Crippen LogP contribution in [0, 0.1) is 11.3 Å². The summed E-state index contributed by atoms with van der Waals surface area (Å²) in [6, 6.07) is 0. The van der Waals surface area contributed by atoms with Crippen LogP contribution in [0.5, 0.6) is 0 Å². The van der Waals surface area contributed by atoms with Gasteiger partial charge in [0.2, 0.25) is 0 Å². The van der Waals surface area contributed by atoms with Gasteiger partial charge in [-0.25, -0.2) is 0 Å².